The Bertz CT molecular complexity index is 565. The van der Waals surface area contributed by atoms with Gasteiger partial charge in [-0.25, -0.2) is 9.37 Å². The van der Waals surface area contributed by atoms with Gasteiger partial charge in [0.2, 0.25) is 0 Å². The highest BCUT2D eigenvalue weighted by atomic mass is 32.2. The Hall–Kier alpha value is -1.62. The summed E-state index contributed by atoms with van der Waals surface area (Å²) in [6.07, 6.45) is 1.53. The molecule has 0 bridgehead atoms. The Balaban J connectivity index is 2.35. The number of nitrogens with zero attached hydrogens (tertiary/aromatic N) is 1. The summed E-state index contributed by atoms with van der Waals surface area (Å²) in [5.41, 5.74) is 1.10. The van der Waals surface area contributed by atoms with Gasteiger partial charge in [0.1, 0.15) is 12.1 Å². The number of ketones is 1. The molecular weight excluding hydrogens is 241 g/mol. The van der Waals surface area contributed by atoms with Gasteiger partial charge >= 0.3 is 0 Å². The predicted molar refractivity (Wildman–Crippen MR) is 61.8 cm³/mol. The van der Waals surface area contributed by atoms with E-state index in [0.717, 1.165) is 5.69 Å². The second-order valence-electron chi connectivity index (χ2n) is 3.55. The number of carbonyl (C=O) groups is 1. The minimum atomic E-state index is -0.428. The molecule has 0 aliphatic carbocycles. The zero-order valence-corrected chi connectivity index (χ0v) is 10.2. The summed E-state index contributed by atoms with van der Waals surface area (Å²) in [4.78, 5) is 16.1. The molecule has 2 aromatic rings. The van der Waals surface area contributed by atoms with E-state index in [4.69, 9.17) is 4.42 Å². The largest absolute Gasteiger partial charge is 0.439 e. The third-order valence-electron chi connectivity index (χ3n) is 2.12. The summed E-state index contributed by atoms with van der Waals surface area (Å²) in [5.74, 6) is -0.613. The van der Waals surface area contributed by atoms with Crippen LogP contribution in [-0.4, -0.2) is 10.8 Å². The Labute approximate surface area is 102 Å². The summed E-state index contributed by atoms with van der Waals surface area (Å²) in [6.45, 7) is 3.21. The standard InChI is InChI=1S/C12H10FNO2S/c1-7-6-16-12(14-7)17-11-4-3-9(13)5-10(11)8(2)15/h3-6H,1-2H3. The zero-order chi connectivity index (χ0) is 12.4. The van der Waals surface area contributed by atoms with Crippen molar-refractivity contribution in [1.29, 1.82) is 0 Å². The van der Waals surface area contributed by atoms with Crippen molar-refractivity contribution in [2.75, 3.05) is 0 Å². The number of Topliss-reactive ketones (excluding diaryl/α,β-unsaturated/α-hetero) is 1. The maximum absolute atomic E-state index is 13.0. The molecule has 0 N–H and O–H groups in total. The number of aryl methyl sites for hydroxylation is 1. The number of carbonyl (C=O) groups excluding carboxylic acids is 1. The van der Waals surface area contributed by atoms with Crippen LogP contribution < -0.4 is 0 Å². The molecule has 0 fully saturated rings. The third kappa shape index (κ3) is 2.74. The van der Waals surface area contributed by atoms with Gasteiger partial charge in [0, 0.05) is 10.5 Å². The highest BCUT2D eigenvalue weighted by Gasteiger charge is 2.12. The topological polar surface area (TPSA) is 43.1 Å². The molecule has 0 saturated heterocycles. The molecule has 0 aliphatic heterocycles. The van der Waals surface area contributed by atoms with Crippen LogP contribution in [0.15, 0.2) is 39.0 Å². The molecule has 1 heterocycles. The summed E-state index contributed by atoms with van der Waals surface area (Å²) in [6, 6.07) is 4.08. The molecule has 0 aliphatic rings. The number of benzene rings is 1. The van der Waals surface area contributed by atoms with Gasteiger partial charge in [0.15, 0.2) is 5.78 Å². The maximum Gasteiger partial charge on any atom is 0.260 e. The molecule has 3 nitrogen and oxygen atoms in total. The Kier molecular flexibility index (Phi) is 3.28. The van der Waals surface area contributed by atoms with Crippen molar-refractivity contribution in [3.8, 4) is 0 Å². The minimum Gasteiger partial charge on any atom is -0.439 e. The highest BCUT2D eigenvalue weighted by molar-refractivity contribution is 7.99. The fraction of sp³-hybridized carbons (Fsp3) is 0.167. The number of hydrogen-bond donors (Lipinski definition) is 0. The minimum absolute atomic E-state index is 0.185. The fourth-order valence-corrected chi connectivity index (χ4v) is 2.26. The maximum atomic E-state index is 13.0. The second kappa shape index (κ2) is 4.71. The summed E-state index contributed by atoms with van der Waals surface area (Å²) < 4.78 is 18.2. The van der Waals surface area contributed by atoms with Crippen molar-refractivity contribution in [3.05, 3.63) is 41.5 Å². The molecule has 0 unspecified atom stereocenters. The van der Waals surface area contributed by atoms with Crippen LogP contribution in [0.1, 0.15) is 23.0 Å². The average Bonchev–Trinajstić information content (AvgIpc) is 2.66. The van der Waals surface area contributed by atoms with Crippen molar-refractivity contribution in [3.63, 3.8) is 0 Å². The Morgan fingerprint density at radius 2 is 2.24 bits per heavy atom. The monoisotopic (exact) mass is 251 g/mol. The van der Waals surface area contributed by atoms with Crippen molar-refractivity contribution in [2.45, 2.75) is 24.0 Å². The van der Waals surface area contributed by atoms with E-state index in [1.54, 1.807) is 6.07 Å². The molecule has 1 aromatic heterocycles. The van der Waals surface area contributed by atoms with Gasteiger partial charge in [-0.3, -0.25) is 4.79 Å². The van der Waals surface area contributed by atoms with E-state index in [2.05, 4.69) is 4.98 Å². The molecule has 2 rings (SSSR count). The van der Waals surface area contributed by atoms with Crippen molar-refractivity contribution >= 4 is 17.5 Å². The van der Waals surface area contributed by atoms with Crippen LogP contribution in [0.2, 0.25) is 0 Å². The van der Waals surface area contributed by atoms with Crippen LogP contribution in [-0.2, 0) is 0 Å². The quantitative estimate of drug-likeness (QED) is 0.783. The van der Waals surface area contributed by atoms with Gasteiger partial charge < -0.3 is 4.42 Å². The number of halogens is 1. The van der Waals surface area contributed by atoms with E-state index < -0.39 is 5.82 Å². The number of oxazole rings is 1. The van der Waals surface area contributed by atoms with E-state index >= 15 is 0 Å². The molecule has 0 amide bonds. The number of rotatable bonds is 3. The van der Waals surface area contributed by atoms with Gasteiger partial charge in [-0.05, 0) is 43.8 Å². The van der Waals surface area contributed by atoms with Crippen LogP contribution >= 0.6 is 11.8 Å². The van der Waals surface area contributed by atoms with Gasteiger partial charge in [-0.2, -0.15) is 0 Å². The summed E-state index contributed by atoms with van der Waals surface area (Å²) >= 11 is 1.21. The van der Waals surface area contributed by atoms with Crippen molar-refractivity contribution in [1.82, 2.24) is 4.98 Å². The Morgan fingerprint density at radius 3 is 2.82 bits per heavy atom. The lowest BCUT2D eigenvalue weighted by Gasteiger charge is -2.03. The first-order valence-electron chi connectivity index (χ1n) is 4.97. The number of aromatic nitrogens is 1. The highest BCUT2D eigenvalue weighted by Crippen LogP contribution is 2.30. The van der Waals surface area contributed by atoms with E-state index in [0.29, 0.717) is 15.7 Å². The molecule has 17 heavy (non-hydrogen) atoms. The molecule has 0 radical (unpaired) electrons. The third-order valence-corrected chi connectivity index (χ3v) is 3.05. The van der Waals surface area contributed by atoms with Gasteiger partial charge in [0.25, 0.3) is 5.22 Å². The van der Waals surface area contributed by atoms with Crippen molar-refractivity contribution < 1.29 is 13.6 Å². The molecular formula is C12H10FNO2S. The van der Waals surface area contributed by atoms with Crippen LogP contribution in [0.25, 0.3) is 0 Å². The van der Waals surface area contributed by atoms with Crippen molar-refractivity contribution in [2.24, 2.45) is 0 Å². The SMILES string of the molecule is CC(=O)c1cc(F)ccc1Sc1nc(C)co1. The predicted octanol–water partition coefficient (Wildman–Crippen LogP) is 3.48. The normalized spacial score (nSPS) is 10.5. The number of hydrogen-bond acceptors (Lipinski definition) is 4. The fourth-order valence-electron chi connectivity index (χ4n) is 1.34. The first-order valence-corrected chi connectivity index (χ1v) is 5.78. The lowest BCUT2D eigenvalue weighted by Crippen LogP contribution is -1.96. The molecule has 1 aromatic carbocycles. The summed E-state index contributed by atoms with van der Waals surface area (Å²) in [5, 5.41) is 0.441. The van der Waals surface area contributed by atoms with Crippen LogP contribution in [0.4, 0.5) is 4.39 Å². The van der Waals surface area contributed by atoms with Gasteiger partial charge in [-0.1, -0.05) is 0 Å². The van der Waals surface area contributed by atoms with Gasteiger partial charge in [-0.15, -0.1) is 0 Å². The summed E-state index contributed by atoms with van der Waals surface area (Å²) in [7, 11) is 0. The Morgan fingerprint density at radius 1 is 1.47 bits per heavy atom. The second-order valence-corrected chi connectivity index (χ2v) is 4.55. The van der Waals surface area contributed by atoms with E-state index in [1.807, 2.05) is 6.92 Å². The lowest BCUT2D eigenvalue weighted by atomic mass is 10.1. The van der Waals surface area contributed by atoms with E-state index in [9.17, 15) is 9.18 Å². The first-order chi connectivity index (χ1) is 8.06. The first kappa shape index (κ1) is 11.9. The molecule has 0 atom stereocenters. The lowest BCUT2D eigenvalue weighted by molar-refractivity contribution is 0.101. The van der Waals surface area contributed by atoms with Gasteiger partial charge in [0.05, 0.1) is 5.69 Å². The van der Waals surface area contributed by atoms with Crippen LogP contribution in [0, 0.1) is 12.7 Å². The smallest absolute Gasteiger partial charge is 0.260 e. The molecule has 0 spiro atoms. The average molecular weight is 251 g/mol. The van der Waals surface area contributed by atoms with Crippen LogP contribution in [0.3, 0.4) is 0 Å². The van der Waals surface area contributed by atoms with E-state index in [-0.39, 0.29) is 5.78 Å². The van der Waals surface area contributed by atoms with E-state index in [1.165, 1.54) is 37.1 Å². The molecule has 88 valence electrons. The van der Waals surface area contributed by atoms with Crippen LogP contribution in [0.5, 0.6) is 0 Å². The molecule has 0 saturated carbocycles. The zero-order valence-electron chi connectivity index (χ0n) is 9.36. The molecule has 5 heteroatoms.